The fourth-order valence-electron chi connectivity index (χ4n) is 5.55. The quantitative estimate of drug-likeness (QED) is 0.389. The molecule has 2 aromatic rings. The number of cyclic esters (lactones) is 1. The first kappa shape index (κ1) is 33.1. The molecule has 1 saturated heterocycles. The Labute approximate surface area is 257 Å². The second kappa shape index (κ2) is 14.8. The first-order valence-electron chi connectivity index (χ1n) is 15.2. The third-order valence-electron chi connectivity index (χ3n) is 8.41. The molecule has 1 aromatic carbocycles. The summed E-state index contributed by atoms with van der Waals surface area (Å²) in [5.41, 5.74) is 1.62. The predicted molar refractivity (Wildman–Crippen MR) is 164 cm³/mol. The number of nitrogens with one attached hydrogen (secondary N) is 1. The lowest BCUT2D eigenvalue weighted by atomic mass is 9.91. The van der Waals surface area contributed by atoms with E-state index in [1.165, 1.54) is 24.0 Å². The lowest BCUT2D eigenvalue weighted by Gasteiger charge is -2.33. The molecule has 1 aromatic heterocycles. The monoisotopic (exact) mass is 613 g/mol. The van der Waals surface area contributed by atoms with E-state index in [-0.39, 0.29) is 42.2 Å². The molecule has 1 fully saturated rings. The van der Waals surface area contributed by atoms with Gasteiger partial charge < -0.3 is 29.7 Å². The van der Waals surface area contributed by atoms with E-state index in [4.69, 9.17) is 9.47 Å². The zero-order valence-corrected chi connectivity index (χ0v) is 26.2. The zero-order valence-electron chi connectivity index (χ0n) is 26.2. The van der Waals surface area contributed by atoms with E-state index < -0.39 is 30.1 Å². The van der Waals surface area contributed by atoms with Gasteiger partial charge in [-0.25, -0.2) is 9.18 Å². The fourth-order valence-corrected chi connectivity index (χ4v) is 5.55. The van der Waals surface area contributed by atoms with E-state index in [1.54, 1.807) is 24.0 Å². The second-order valence-corrected chi connectivity index (χ2v) is 12.0. The molecule has 44 heavy (non-hydrogen) atoms. The summed E-state index contributed by atoms with van der Waals surface area (Å²) < 4.78 is 28.3. The van der Waals surface area contributed by atoms with Gasteiger partial charge in [-0.3, -0.25) is 14.3 Å². The van der Waals surface area contributed by atoms with Crippen LogP contribution in [0.25, 0.3) is 17.0 Å². The van der Waals surface area contributed by atoms with Crippen LogP contribution < -0.4 is 5.32 Å². The fraction of sp³-hybridized carbons (Fsp3) is 0.562. The Morgan fingerprint density at radius 2 is 1.91 bits per heavy atom. The number of amides is 2. The largest absolute Gasteiger partial charge is 0.457 e. The first-order valence-corrected chi connectivity index (χ1v) is 15.2. The van der Waals surface area contributed by atoms with Crippen molar-refractivity contribution in [3.05, 3.63) is 47.4 Å². The molecule has 12 heteroatoms. The maximum absolute atomic E-state index is 15.0. The van der Waals surface area contributed by atoms with Crippen molar-refractivity contribution in [3.8, 4) is 0 Å². The molecular weight excluding hydrogens is 569 g/mol. The van der Waals surface area contributed by atoms with Crippen LogP contribution >= 0.6 is 0 Å². The number of piperazine rings is 1. The van der Waals surface area contributed by atoms with Crippen molar-refractivity contribution in [1.29, 1.82) is 0 Å². The number of aromatic nitrogens is 2. The van der Waals surface area contributed by atoms with Gasteiger partial charge in [0, 0.05) is 39.1 Å². The molecule has 5 atom stereocenters. The van der Waals surface area contributed by atoms with Gasteiger partial charge in [-0.1, -0.05) is 26.0 Å². The van der Waals surface area contributed by atoms with Crippen LogP contribution in [0.15, 0.2) is 36.1 Å². The molecule has 2 aliphatic rings. The molecule has 4 rings (SSSR count). The number of aliphatic hydroxyl groups excluding tert-OH is 1. The number of nitrogens with zero attached hydrogens (tertiary/aromatic N) is 4. The summed E-state index contributed by atoms with van der Waals surface area (Å²) in [7, 11) is 3.54. The number of hydrogen-bond acceptors (Lipinski definition) is 8. The van der Waals surface area contributed by atoms with Gasteiger partial charge in [-0.2, -0.15) is 5.10 Å². The molecule has 0 saturated carbocycles. The van der Waals surface area contributed by atoms with Crippen LogP contribution in [0.4, 0.5) is 9.18 Å². The molecule has 2 aliphatic heterocycles. The zero-order chi connectivity index (χ0) is 32.0. The average molecular weight is 614 g/mol. The lowest BCUT2D eigenvalue weighted by Crippen LogP contribution is -2.48. The number of esters is 1. The number of rotatable bonds is 5. The molecule has 0 unspecified atom stereocenters. The standard InChI is InChI=1S/C32H44FN5O6/c1-20-6-8-24(39)17-30(41)44-31(21(2)7-9-28(20)43-32(42)37-12-10-36(5)11-13-37)22(3)14-23-15-26(33)25-18-35-38(27(25)16-23)19-29(40)34-4/h7,9,14-16,18,20-21,24,28,31,39H,6,8,10-13,17,19H2,1-5H3,(H,34,40)/b9-7+,22-14+/t20-,21+,24+,28+,31+/m1/s1. The minimum absolute atomic E-state index is 0.0606. The van der Waals surface area contributed by atoms with Crippen LogP contribution in [0.1, 0.15) is 45.6 Å². The van der Waals surface area contributed by atoms with Crippen molar-refractivity contribution in [2.24, 2.45) is 11.8 Å². The molecule has 0 spiro atoms. The van der Waals surface area contributed by atoms with Crippen LogP contribution in [-0.4, -0.2) is 101 Å². The minimum atomic E-state index is -0.903. The summed E-state index contributed by atoms with van der Waals surface area (Å²) >= 11 is 0. The molecule has 0 radical (unpaired) electrons. The van der Waals surface area contributed by atoms with Crippen LogP contribution in [0.3, 0.4) is 0 Å². The van der Waals surface area contributed by atoms with Gasteiger partial charge >= 0.3 is 12.1 Å². The molecule has 0 aliphatic carbocycles. The highest BCUT2D eigenvalue weighted by Crippen LogP contribution is 2.27. The molecule has 2 amide bonds. The molecule has 240 valence electrons. The van der Waals surface area contributed by atoms with Crippen LogP contribution in [0.2, 0.25) is 0 Å². The summed E-state index contributed by atoms with van der Waals surface area (Å²) in [6.45, 7) is 8.33. The molecule has 3 heterocycles. The van der Waals surface area contributed by atoms with E-state index in [1.807, 2.05) is 33.0 Å². The normalized spacial score (nSPS) is 26.8. The molecular formula is C32H44FN5O6. The van der Waals surface area contributed by atoms with Crippen molar-refractivity contribution in [2.45, 2.75) is 64.9 Å². The Kier molecular flexibility index (Phi) is 11.1. The summed E-state index contributed by atoms with van der Waals surface area (Å²) in [5.74, 6) is -1.72. The number of halogens is 1. The van der Waals surface area contributed by atoms with Crippen molar-refractivity contribution < 1.29 is 33.4 Å². The summed E-state index contributed by atoms with van der Waals surface area (Å²) in [6, 6.07) is 3.10. The lowest BCUT2D eigenvalue weighted by molar-refractivity contribution is -0.151. The van der Waals surface area contributed by atoms with Crippen molar-refractivity contribution >= 4 is 34.9 Å². The van der Waals surface area contributed by atoms with Crippen molar-refractivity contribution in [3.63, 3.8) is 0 Å². The number of hydrogen-bond donors (Lipinski definition) is 2. The van der Waals surface area contributed by atoms with Crippen molar-refractivity contribution in [2.75, 3.05) is 40.3 Å². The van der Waals surface area contributed by atoms with E-state index >= 15 is 4.39 Å². The van der Waals surface area contributed by atoms with Gasteiger partial charge in [-0.15, -0.1) is 0 Å². The minimum Gasteiger partial charge on any atom is -0.457 e. The van der Waals surface area contributed by atoms with Gasteiger partial charge in [0.05, 0.1) is 29.6 Å². The van der Waals surface area contributed by atoms with E-state index in [2.05, 4.69) is 15.3 Å². The topological polar surface area (TPSA) is 126 Å². The molecule has 11 nitrogen and oxygen atoms in total. The highest BCUT2D eigenvalue weighted by Gasteiger charge is 2.29. The number of ether oxygens (including phenoxy) is 2. The Bertz CT molecular complexity index is 1400. The molecule has 2 N–H and O–H groups in total. The number of aliphatic hydroxyl groups is 1. The van der Waals surface area contributed by atoms with Crippen LogP contribution in [0.5, 0.6) is 0 Å². The third kappa shape index (κ3) is 8.44. The van der Waals surface area contributed by atoms with Crippen molar-refractivity contribution in [1.82, 2.24) is 24.9 Å². The van der Waals surface area contributed by atoms with Gasteiger partial charge in [-0.05, 0) is 62.1 Å². The summed E-state index contributed by atoms with van der Waals surface area (Å²) in [5, 5.41) is 17.6. The smallest absolute Gasteiger partial charge is 0.410 e. The summed E-state index contributed by atoms with van der Waals surface area (Å²) in [6.07, 6.45) is 5.04. The van der Waals surface area contributed by atoms with Crippen LogP contribution in [-0.2, 0) is 25.6 Å². The van der Waals surface area contributed by atoms with Gasteiger partial charge in [0.1, 0.15) is 24.6 Å². The Morgan fingerprint density at radius 1 is 1.18 bits per heavy atom. The third-order valence-corrected chi connectivity index (χ3v) is 8.41. The number of fused-ring (bicyclic) bond motifs is 1. The summed E-state index contributed by atoms with van der Waals surface area (Å²) in [4.78, 5) is 41.7. The van der Waals surface area contributed by atoms with Gasteiger partial charge in [0.15, 0.2) is 0 Å². The van der Waals surface area contributed by atoms with E-state index in [0.717, 1.165) is 13.1 Å². The van der Waals surface area contributed by atoms with Gasteiger partial charge in [0.2, 0.25) is 5.91 Å². The number of carbonyl (C=O) groups is 3. The maximum Gasteiger partial charge on any atom is 0.410 e. The second-order valence-electron chi connectivity index (χ2n) is 12.0. The number of likely N-dealkylation sites (N-methyl/N-ethyl adjacent to an activating group) is 2. The number of carbonyl (C=O) groups excluding carboxylic acids is 3. The van der Waals surface area contributed by atoms with E-state index in [0.29, 0.717) is 42.6 Å². The maximum atomic E-state index is 15.0. The Hall–Kier alpha value is -3.77. The number of benzene rings is 1. The first-order chi connectivity index (χ1) is 20.9. The predicted octanol–water partition coefficient (Wildman–Crippen LogP) is 3.36. The molecule has 0 bridgehead atoms. The SMILES string of the molecule is CNC(=O)Cn1ncc2c(F)cc(/C=C(\C)[C@H]3OC(=O)C[C@@H](O)CC[C@@H](C)[C@@H](OC(=O)N4CCN(C)CC4)/C=C/[C@@H]3C)cc21. The highest BCUT2D eigenvalue weighted by atomic mass is 19.1. The average Bonchev–Trinajstić information content (AvgIpc) is 3.38. The Balaban J connectivity index is 1.60. The van der Waals surface area contributed by atoms with Crippen LogP contribution in [0, 0.1) is 17.7 Å². The Morgan fingerprint density at radius 3 is 2.61 bits per heavy atom. The highest BCUT2D eigenvalue weighted by molar-refractivity contribution is 5.84. The van der Waals surface area contributed by atoms with Gasteiger partial charge in [0.25, 0.3) is 0 Å². The van der Waals surface area contributed by atoms with E-state index in [9.17, 15) is 19.5 Å².